The van der Waals surface area contributed by atoms with Gasteiger partial charge in [-0.1, -0.05) is 5.92 Å². The largest absolute Gasteiger partial charge is 0.340 e. The van der Waals surface area contributed by atoms with E-state index in [1.165, 1.54) is 0 Å². The molecular formula is C11H16N2O. The van der Waals surface area contributed by atoms with Crippen molar-refractivity contribution in [2.24, 2.45) is 5.92 Å². The minimum absolute atomic E-state index is 0.356. The molecule has 0 aromatic carbocycles. The highest BCUT2D eigenvalue weighted by molar-refractivity contribution is 5.81. The number of hydrogen-bond acceptors (Lipinski definition) is 2. The molecule has 0 N–H and O–H groups in total. The second-order valence-corrected chi connectivity index (χ2v) is 4.08. The van der Waals surface area contributed by atoms with Crippen LogP contribution in [-0.2, 0) is 4.79 Å². The third-order valence-electron chi connectivity index (χ3n) is 2.93. The fraction of sp³-hybridized carbons (Fsp3) is 0.727. The van der Waals surface area contributed by atoms with E-state index in [4.69, 9.17) is 6.42 Å². The Hall–Kier alpha value is -1.01. The van der Waals surface area contributed by atoms with Crippen molar-refractivity contribution >= 4 is 5.91 Å². The van der Waals surface area contributed by atoms with Gasteiger partial charge in [-0.2, -0.15) is 0 Å². The van der Waals surface area contributed by atoms with Gasteiger partial charge in [-0.05, 0) is 12.8 Å². The highest BCUT2D eigenvalue weighted by Gasteiger charge is 2.34. The quantitative estimate of drug-likeness (QED) is 0.582. The maximum Gasteiger partial charge on any atom is 0.225 e. The fourth-order valence-electron chi connectivity index (χ4n) is 1.84. The smallest absolute Gasteiger partial charge is 0.225 e. The number of carbonyl (C=O) groups excluding carboxylic acids is 1. The highest BCUT2D eigenvalue weighted by atomic mass is 16.2. The van der Waals surface area contributed by atoms with Crippen molar-refractivity contribution in [3.63, 3.8) is 0 Å². The average molecular weight is 192 g/mol. The average Bonchev–Trinajstić information content (AvgIpc) is 3.02. The molecule has 1 amide bonds. The van der Waals surface area contributed by atoms with Crippen LogP contribution in [0.1, 0.15) is 12.8 Å². The Morgan fingerprint density at radius 1 is 1.29 bits per heavy atom. The molecule has 3 heteroatoms. The zero-order valence-corrected chi connectivity index (χ0v) is 8.41. The molecule has 14 heavy (non-hydrogen) atoms. The van der Waals surface area contributed by atoms with Crippen LogP contribution in [0.25, 0.3) is 0 Å². The van der Waals surface area contributed by atoms with Crippen LogP contribution in [0.15, 0.2) is 0 Å². The van der Waals surface area contributed by atoms with Crippen molar-refractivity contribution in [1.29, 1.82) is 0 Å². The lowest BCUT2D eigenvalue weighted by Crippen LogP contribution is -2.49. The van der Waals surface area contributed by atoms with Gasteiger partial charge in [-0.3, -0.25) is 9.69 Å². The van der Waals surface area contributed by atoms with Gasteiger partial charge in [0.05, 0.1) is 6.54 Å². The summed E-state index contributed by atoms with van der Waals surface area (Å²) in [6.45, 7) is 4.30. The number of piperazine rings is 1. The Bertz CT molecular complexity index is 257. The third kappa shape index (κ3) is 2.08. The fourth-order valence-corrected chi connectivity index (χ4v) is 1.84. The predicted molar refractivity (Wildman–Crippen MR) is 54.6 cm³/mol. The molecule has 0 aromatic heterocycles. The first kappa shape index (κ1) is 9.54. The van der Waals surface area contributed by atoms with E-state index in [1.54, 1.807) is 0 Å². The number of carbonyl (C=O) groups is 1. The van der Waals surface area contributed by atoms with Crippen molar-refractivity contribution in [3.8, 4) is 12.3 Å². The van der Waals surface area contributed by atoms with Crippen LogP contribution >= 0.6 is 0 Å². The van der Waals surface area contributed by atoms with Crippen LogP contribution in [0, 0.1) is 18.3 Å². The van der Waals surface area contributed by atoms with Crippen molar-refractivity contribution < 1.29 is 4.79 Å². The summed E-state index contributed by atoms with van der Waals surface area (Å²) in [5, 5.41) is 0. The lowest BCUT2D eigenvalue weighted by atomic mass is 10.2. The first-order chi connectivity index (χ1) is 6.81. The van der Waals surface area contributed by atoms with Gasteiger partial charge < -0.3 is 4.90 Å². The molecule has 0 radical (unpaired) electrons. The molecular weight excluding hydrogens is 176 g/mol. The van der Waals surface area contributed by atoms with Gasteiger partial charge in [-0.25, -0.2) is 0 Å². The molecule has 1 heterocycles. The van der Waals surface area contributed by atoms with Crippen LogP contribution in [0.2, 0.25) is 0 Å². The molecule has 0 bridgehead atoms. The molecule has 0 aromatic rings. The van der Waals surface area contributed by atoms with E-state index >= 15 is 0 Å². The van der Waals surface area contributed by atoms with Gasteiger partial charge in [0.1, 0.15) is 0 Å². The first-order valence-electron chi connectivity index (χ1n) is 5.26. The number of nitrogens with zero attached hydrogens (tertiary/aromatic N) is 2. The summed E-state index contributed by atoms with van der Waals surface area (Å²) in [5.41, 5.74) is 0. The van der Waals surface area contributed by atoms with E-state index in [1.807, 2.05) is 4.90 Å². The summed E-state index contributed by atoms with van der Waals surface area (Å²) < 4.78 is 0. The summed E-state index contributed by atoms with van der Waals surface area (Å²) in [6.07, 6.45) is 7.44. The Labute approximate surface area is 85.1 Å². The topological polar surface area (TPSA) is 23.6 Å². The Kier molecular flexibility index (Phi) is 2.74. The normalized spacial score (nSPS) is 23.2. The first-order valence-corrected chi connectivity index (χ1v) is 5.26. The maximum absolute atomic E-state index is 11.7. The van der Waals surface area contributed by atoms with Crippen LogP contribution in [0.5, 0.6) is 0 Å². The second kappa shape index (κ2) is 4.02. The molecule has 1 saturated carbocycles. The molecule has 76 valence electrons. The summed E-state index contributed by atoms with van der Waals surface area (Å²) in [5.74, 6) is 3.36. The second-order valence-electron chi connectivity index (χ2n) is 4.08. The van der Waals surface area contributed by atoms with Gasteiger partial charge in [-0.15, -0.1) is 6.42 Å². The minimum Gasteiger partial charge on any atom is -0.340 e. The van der Waals surface area contributed by atoms with E-state index in [2.05, 4.69) is 10.8 Å². The van der Waals surface area contributed by atoms with Crippen LogP contribution in [-0.4, -0.2) is 48.4 Å². The SMILES string of the molecule is C#CCN1CCN(C(=O)C2CC2)CC1. The third-order valence-corrected chi connectivity index (χ3v) is 2.93. The summed E-state index contributed by atoms with van der Waals surface area (Å²) >= 11 is 0. The summed E-state index contributed by atoms with van der Waals surface area (Å²) in [6, 6.07) is 0. The summed E-state index contributed by atoms with van der Waals surface area (Å²) in [7, 11) is 0. The van der Waals surface area contributed by atoms with Crippen molar-refractivity contribution in [2.45, 2.75) is 12.8 Å². The van der Waals surface area contributed by atoms with Gasteiger partial charge in [0.25, 0.3) is 0 Å². The molecule has 2 fully saturated rings. The van der Waals surface area contributed by atoms with E-state index in [9.17, 15) is 4.79 Å². The molecule has 0 atom stereocenters. The molecule has 0 unspecified atom stereocenters. The molecule has 1 aliphatic carbocycles. The summed E-state index contributed by atoms with van der Waals surface area (Å²) in [4.78, 5) is 15.9. The van der Waals surface area contributed by atoms with Gasteiger partial charge >= 0.3 is 0 Å². The Morgan fingerprint density at radius 3 is 2.43 bits per heavy atom. The number of amides is 1. The standard InChI is InChI=1S/C11H16N2O/c1-2-5-12-6-8-13(9-7-12)11(14)10-3-4-10/h1,10H,3-9H2. The lowest BCUT2D eigenvalue weighted by Gasteiger charge is -2.33. The van der Waals surface area contributed by atoms with Gasteiger partial charge in [0, 0.05) is 32.1 Å². The number of hydrogen-bond donors (Lipinski definition) is 0. The molecule has 2 rings (SSSR count). The zero-order valence-electron chi connectivity index (χ0n) is 8.41. The molecule has 2 aliphatic rings. The van der Waals surface area contributed by atoms with Crippen LogP contribution in [0.4, 0.5) is 0 Å². The maximum atomic E-state index is 11.7. The highest BCUT2D eigenvalue weighted by Crippen LogP contribution is 2.31. The van der Waals surface area contributed by atoms with E-state index < -0.39 is 0 Å². The van der Waals surface area contributed by atoms with Crippen molar-refractivity contribution in [3.05, 3.63) is 0 Å². The lowest BCUT2D eigenvalue weighted by molar-refractivity contribution is -0.134. The number of rotatable bonds is 2. The Balaban J connectivity index is 1.78. The predicted octanol–water partition coefficient (Wildman–Crippen LogP) is 0.174. The van der Waals surface area contributed by atoms with Crippen LogP contribution in [0.3, 0.4) is 0 Å². The zero-order chi connectivity index (χ0) is 9.97. The van der Waals surface area contributed by atoms with Crippen molar-refractivity contribution in [2.75, 3.05) is 32.7 Å². The van der Waals surface area contributed by atoms with Gasteiger partial charge in [0.2, 0.25) is 5.91 Å². The van der Waals surface area contributed by atoms with E-state index in [-0.39, 0.29) is 0 Å². The molecule has 3 nitrogen and oxygen atoms in total. The monoisotopic (exact) mass is 192 g/mol. The Morgan fingerprint density at radius 2 is 1.93 bits per heavy atom. The number of terminal acetylenes is 1. The van der Waals surface area contributed by atoms with Gasteiger partial charge in [0.15, 0.2) is 0 Å². The molecule has 1 saturated heterocycles. The molecule has 0 spiro atoms. The minimum atomic E-state index is 0.356. The van der Waals surface area contributed by atoms with Crippen molar-refractivity contribution in [1.82, 2.24) is 9.80 Å². The van der Waals surface area contributed by atoms with Crippen LogP contribution < -0.4 is 0 Å². The van der Waals surface area contributed by atoms with E-state index in [0.717, 1.165) is 39.0 Å². The van der Waals surface area contributed by atoms with E-state index in [0.29, 0.717) is 18.4 Å². The molecule has 1 aliphatic heterocycles.